The van der Waals surface area contributed by atoms with Crippen LogP contribution < -0.4 is 11.1 Å². The number of hydrogen-bond acceptors (Lipinski definition) is 2. The van der Waals surface area contributed by atoms with Gasteiger partial charge in [-0.3, -0.25) is 4.79 Å². The number of amides is 1. The number of rotatable bonds is 4. The molecule has 0 fully saturated rings. The van der Waals surface area contributed by atoms with E-state index >= 15 is 0 Å². The fourth-order valence-electron chi connectivity index (χ4n) is 0.980. The second-order valence-electron chi connectivity index (χ2n) is 5.78. The summed E-state index contributed by atoms with van der Waals surface area (Å²) in [7, 11) is 0. The van der Waals surface area contributed by atoms with Crippen LogP contribution in [0, 0.1) is 17.3 Å². The lowest BCUT2D eigenvalue weighted by Crippen LogP contribution is -2.46. The molecule has 2 atom stereocenters. The van der Waals surface area contributed by atoms with Gasteiger partial charge >= 0.3 is 0 Å². The lowest BCUT2D eigenvalue weighted by atomic mass is 9.82. The van der Waals surface area contributed by atoms with Crippen LogP contribution in [0.4, 0.5) is 0 Å². The van der Waals surface area contributed by atoms with Gasteiger partial charge in [0.2, 0.25) is 5.91 Å². The van der Waals surface area contributed by atoms with Crippen molar-refractivity contribution >= 4 is 5.91 Å². The quantitative estimate of drug-likeness (QED) is 0.749. The molecule has 0 spiro atoms. The van der Waals surface area contributed by atoms with Crippen molar-refractivity contribution in [3.63, 3.8) is 0 Å². The zero-order valence-corrected chi connectivity index (χ0v) is 10.9. The minimum absolute atomic E-state index is 0.0406. The van der Waals surface area contributed by atoms with Gasteiger partial charge in [0, 0.05) is 6.54 Å². The average molecular weight is 214 g/mol. The van der Waals surface area contributed by atoms with Crippen LogP contribution in [0.5, 0.6) is 0 Å². The molecule has 90 valence electrons. The lowest BCUT2D eigenvalue weighted by molar-refractivity contribution is -0.123. The van der Waals surface area contributed by atoms with Gasteiger partial charge in [0.05, 0.1) is 6.04 Å². The van der Waals surface area contributed by atoms with Crippen LogP contribution in [0.3, 0.4) is 0 Å². The first-order chi connectivity index (χ1) is 6.66. The molecule has 0 saturated heterocycles. The van der Waals surface area contributed by atoms with Crippen LogP contribution >= 0.6 is 0 Å². The number of hydrogen-bond donors (Lipinski definition) is 2. The molecule has 0 aliphatic carbocycles. The van der Waals surface area contributed by atoms with Crippen LogP contribution in [-0.2, 0) is 4.79 Å². The molecule has 0 heterocycles. The SMILES string of the molecule is CC(C)[C@H](N)C(=O)NCC(C)C(C)(C)C. The lowest BCUT2D eigenvalue weighted by Gasteiger charge is -2.28. The first-order valence-corrected chi connectivity index (χ1v) is 5.69. The average Bonchev–Trinajstić information content (AvgIpc) is 2.10. The van der Waals surface area contributed by atoms with Crippen molar-refractivity contribution in [2.45, 2.75) is 47.6 Å². The Morgan fingerprint density at radius 3 is 2.07 bits per heavy atom. The normalized spacial score (nSPS) is 16.3. The first kappa shape index (κ1) is 14.4. The van der Waals surface area contributed by atoms with E-state index in [1.165, 1.54) is 0 Å². The van der Waals surface area contributed by atoms with Crippen molar-refractivity contribution in [1.29, 1.82) is 0 Å². The summed E-state index contributed by atoms with van der Waals surface area (Å²) in [6.07, 6.45) is 0. The number of nitrogens with one attached hydrogen (secondary N) is 1. The molecule has 0 rings (SSSR count). The Bertz CT molecular complexity index is 206. The molecule has 3 nitrogen and oxygen atoms in total. The summed E-state index contributed by atoms with van der Waals surface area (Å²) in [6.45, 7) is 13.3. The zero-order chi connectivity index (χ0) is 12.2. The standard InChI is InChI=1S/C12H26N2O/c1-8(2)10(13)11(15)14-7-9(3)12(4,5)6/h8-10H,7,13H2,1-6H3,(H,14,15)/t9?,10-/m0/s1. The summed E-state index contributed by atoms with van der Waals surface area (Å²) in [5.74, 6) is 0.594. The van der Waals surface area contributed by atoms with Crippen LogP contribution in [0.2, 0.25) is 0 Å². The highest BCUT2D eigenvalue weighted by molar-refractivity contribution is 5.81. The Morgan fingerprint density at radius 1 is 1.27 bits per heavy atom. The fraction of sp³-hybridized carbons (Fsp3) is 0.917. The Morgan fingerprint density at radius 2 is 1.73 bits per heavy atom. The monoisotopic (exact) mass is 214 g/mol. The minimum atomic E-state index is -0.392. The molecule has 3 heteroatoms. The van der Waals surface area contributed by atoms with Gasteiger partial charge in [-0.05, 0) is 17.3 Å². The molecular weight excluding hydrogens is 188 g/mol. The van der Waals surface area contributed by atoms with Gasteiger partial charge in [0.1, 0.15) is 0 Å². The highest BCUT2D eigenvalue weighted by Crippen LogP contribution is 2.24. The fourth-order valence-corrected chi connectivity index (χ4v) is 0.980. The summed E-state index contributed by atoms with van der Waals surface area (Å²) in [6, 6.07) is -0.392. The van der Waals surface area contributed by atoms with Crippen molar-refractivity contribution in [2.24, 2.45) is 23.0 Å². The Kier molecular flexibility index (Phi) is 5.29. The van der Waals surface area contributed by atoms with Crippen molar-refractivity contribution in [3.8, 4) is 0 Å². The van der Waals surface area contributed by atoms with E-state index in [-0.39, 0.29) is 17.2 Å². The minimum Gasteiger partial charge on any atom is -0.354 e. The summed E-state index contributed by atoms with van der Waals surface area (Å²) in [5.41, 5.74) is 5.96. The highest BCUT2D eigenvalue weighted by atomic mass is 16.2. The molecule has 1 unspecified atom stereocenters. The number of nitrogens with two attached hydrogens (primary N) is 1. The molecular formula is C12H26N2O. The molecule has 0 aliphatic rings. The van der Waals surface area contributed by atoms with Crippen molar-refractivity contribution in [3.05, 3.63) is 0 Å². The van der Waals surface area contributed by atoms with E-state index in [9.17, 15) is 4.79 Å². The Balaban J connectivity index is 4.02. The second kappa shape index (κ2) is 5.50. The molecule has 0 aromatic heterocycles. The third kappa shape index (κ3) is 5.17. The predicted molar refractivity (Wildman–Crippen MR) is 64.4 cm³/mol. The maximum Gasteiger partial charge on any atom is 0.237 e. The first-order valence-electron chi connectivity index (χ1n) is 5.69. The van der Waals surface area contributed by atoms with Crippen LogP contribution in [0.25, 0.3) is 0 Å². The van der Waals surface area contributed by atoms with E-state index in [4.69, 9.17) is 5.73 Å². The molecule has 0 aromatic carbocycles. The molecule has 15 heavy (non-hydrogen) atoms. The molecule has 3 N–H and O–H groups in total. The number of carbonyl (C=O) groups excluding carboxylic acids is 1. The van der Waals surface area contributed by atoms with E-state index in [0.717, 1.165) is 0 Å². The topological polar surface area (TPSA) is 55.1 Å². The Hall–Kier alpha value is -0.570. The molecule has 0 saturated carbocycles. The summed E-state index contributed by atoms with van der Waals surface area (Å²) < 4.78 is 0. The molecule has 0 aromatic rings. The van der Waals surface area contributed by atoms with E-state index in [1.807, 2.05) is 13.8 Å². The van der Waals surface area contributed by atoms with Crippen molar-refractivity contribution < 1.29 is 4.79 Å². The molecule has 0 bridgehead atoms. The summed E-state index contributed by atoms with van der Waals surface area (Å²) in [4.78, 5) is 11.6. The Labute approximate surface area is 93.8 Å². The summed E-state index contributed by atoms with van der Waals surface area (Å²) >= 11 is 0. The smallest absolute Gasteiger partial charge is 0.237 e. The van der Waals surface area contributed by atoms with Gasteiger partial charge in [0.25, 0.3) is 0 Å². The maximum absolute atomic E-state index is 11.6. The van der Waals surface area contributed by atoms with Gasteiger partial charge in [-0.1, -0.05) is 41.5 Å². The van der Waals surface area contributed by atoms with Crippen molar-refractivity contribution in [2.75, 3.05) is 6.54 Å². The van der Waals surface area contributed by atoms with Crippen LogP contribution in [-0.4, -0.2) is 18.5 Å². The second-order valence-corrected chi connectivity index (χ2v) is 5.78. The third-order valence-electron chi connectivity index (χ3n) is 3.08. The number of carbonyl (C=O) groups is 1. The van der Waals surface area contributed by atoms with E-state index in [2.05, 4.69) is 33.0 Å². The van der Waals surface area contributed by atoms with Gasteiger partial charge in [-0.25, -0.2) is 0 Å². The zero-order valence-electron chi connectivity index (χ0n) is 10.9. The maximum atomic E-state index is 11.6. The van der Waals surface area contributed by atoms with E-state index in [0.29, 0.717) is 12.5 Å². The largest absolute Gasteiger partial charge is 0.354 e. The van der Waals surface area contributed by atoms with Gasteiger partial charge < -0.3 is 11.1 Å². The van der Waals surface area contributed by atoms with Gasteiger partial charge in [-0.15, -0.1) is 0 Å². The third-order valence-corrected chi connectivity index (χ3v) is 3.08. The van der Waals surface area contributed by atoms with Crippen LogP contribution in [0.1, 0.15) is 41.5 Å². The van der Waals surface area contributed by atoms with Crippen molar-refractivity contribution in [1.82, 2.24) is 5.32 Å². The van der Waals surface area contributed by atoms with Gasteiger partial charge in [-0.2, -0.15) is 0 Å². The summed E-state index contributed by atoms with van der Waals surface area (Å²) in [5, 5.41) is 2.91. The van der Waals surface area contributed by atoms with E-state index in [1.54, 1.807) is 0 Å². The molecule has 0 aliphatic heterocycles. The van der Waals surface area contributed by atoms with Gasteiger partial charge in [0.15, 0.2) is 0 Å². The predicted octanol–water partition coefficient (Wildman–Crippen LogP) is 1.77. The molecule has 1 amide bonds. The highest BCUT2D eigenvalue weighted by Gasteiger charge is 2.22. The van der Waals surface area contributed by atoms with Crippen LogP contribution in [0.15, 0.2) is 0 Å². The van der Waals surface area contributed by atoms with E-state index < -0.39 is 6.04 Å². The molecule has 0 radical (unpaired) electrons.